The number of rotatable bonds is 6. The lowest BCUT2D eigenvalue weighted by atomic mass is 10.1. The molecular formula is C14H18N4OS. The number of amides is 1. The van der Waals surface area contributed by atoms with Crippen LogP contribution in [0.25, 0.3) is 11.3 Å². The summed E-state index contributed by atoms with van der Waals surface area (Å²) in [6.07, 6.45) is 4.37. The monoisotopic (exact) mass is 290 g/mol. The average molecular weight is 290 g/mol. The molecule has 1 amide bonds. The minimum absolute atomic E-state index is 0.152. The summed E-state index contributed by atoms with van der Waals surface area (Å²) in [5, 5.41) is 9.66. The van der Waals surface area contributed by atoms with Gasteiger partial charge in [-0.25, -0.2) is 0 Å². The van der Waals surface area contributed by atoms with Gasteiger partial charge in [0.2, 0.25) is 5.91 Å². The van der Waals surface area contributed by atoms with E-state index in [1.165, 1.54) is 0 Å². The second-order valence-electron chi connectivity index (χ2n) is 4.43. The van der Waals surface area contributed by atoms with Gasteiger partial charge in [-0.3, -0.25) is 9.89 Å². The minimum Gasteiger partial charge on any atom is -0.325 e. The van der Waals surface area contributed by atoms with E-state index in [9.17, 15) is 4.79 Å². The Bertz CT molecular complexity index is 556. The van der Waals surface area contributed by atoms with Gasteiger partial charge in [-0.15, -0.1) is 0 Å². The Labute approximate surface area is 122 Å². The SMILES string of the molecule is CSCC[C@@H](N)C(=O)Nc1cccc(-c2ccn[nH]2)c1. The molecule has 1 aromatic carbocycles. The van der Waals surface area contributed by atoms with E-state index in [2.05, 4.69) is 15.5 Å². The quantitative estimate of drug-likeness (QED) is 0.760. The van der Waals surface area contributed by atoms with Gasteiger partial charge in [0.05, 0.1) is 11.7 Å². The zero-order valence-electron chi connectivity index (χ0n) is 11.3. The Kier molecular flexibility index (Phi) is 5.20. The lowest BCUT2D eigenvalue weighted by Gasteiger charge is -2.12. The van der Waals surface area contributed by atoms with Crippen molar-refractivity contribution in [1.29, 1.82) is 0 Å². The fourth-order valence-corrected chi connectivity index (χ4v) is 2.28. The first kappa shape index (κ1) is 14.6. The number of carbonyl (C=O) groups excluding carboxylic acids is 1. The smallest absolute Gasteiger partial charge is 0.241 e. The third kappa shape index (κ3) is 3.85. The molecule has 0 aliphatic rings. The predicted octanol–water partition coefficient (Wildman–Crippen LogP) is 2.10. The van der Waals surface area contributed by atoms with Gasteiger partial charge < -0.3 is 11.1 Å². The number of hydrogen-bond acceptors (Lipinski definition) is 4. The van der Waals surface area contributed by atoms with Gasteiger partial charge in [-0.2, -0.15) is 16.9 Å². The summed E-state index contributed by atoms with van der Waals surface area (Å²) in [5.74, 6) is 0.726. The highest BCUT2D eigenvalue weighted by Crippen LogP contribution is 2.20. The van der Waals surface area contributed by atoms with Crippen LogP contribution in [0.4, 0.5) is 5.69 Å². The Morgan fingerprint density at radius 3 is 3.05 bits per heavy atom. The topological polar surface area (TPSA) is 83.8 Å². The molecule has 0 saturated carbocycles. The van der Waals surface area contributed by atoms with Crippen molar-refractivity contribution in [2.75, 3.05) is 17.3 Å². The van der Waals surface area contributed by atoms with Gasteiger partial charge in [-0.1, -0.05) is 12.1 Å². The normalized spacial score (nSPS) is 12.1. The molecule has 6 heteroatoms. The third-order valence-corrected chi connectivity index (χ3v) is 3.56. The third-order valence-electron chi connectivity index (χ3n) is 2.91. The Morgan fingerprint density at radius 2 is 2.35 bits per heavy atom. The van der Waals surface area contributed by atoms with Crippen molar-refractivity contribution in [3.8, 4) is 11.3 Å². The van der Waals surface area contributed by atoms with Crippen LogP contribution in [0.15, 0.2) is 36.5 Å². The Hall–Kier alpha value is -1.79. The number of aromatic amines is 1. The van der Waals surface area contributed by atoms with E-state index in [0.29, 0.717) is 6.42 Å². The number of carbonyl (C=O) groups is 1. The van der Waals surface area contributed by atoms with E-state index < -0.39 is 6.04 Å². The molecule has 5 nitrogen and oxygen atoms in total. The Balaban J connectivity index is 2.03. The van der Waals surface area contributed by atoms with Crippen LogP contribution in [0.1, 0.15) is 6.42 Å². The first-order valence-corrected chi connectivity index (χ1v) is 7.75. The summed E-state index contributed by atoms with van der Waals surface area (Å²) in [6.45, 7) is 0. The van der Waals surface area contributed by atoms with Gasteiger partial charge in [0.25, 0.3) is 0 Å². The summed E-state index contributed by atoms with van der Waals surface area (Å²) in [6, 6.07) is 8.99. The fourth-order valence-electron chi connectivity index (χ4n) is 1.79. The van der Waals surface area contributed by atoms with Gasteiger partial charge >= 0.3 is 0 Å². The molecule has 0 bridgehead atoms. The number of thioether (sulfide) groups is 1. The maximum absolute atomic E-state index is 12.0. The zero-order valence-corrected chi connectivity index (χ0v) is 12.1. The van der Waals surface area contributed by atoms with Crippen LogP contribution in [-0.4, -0.2) is 34.2 Å². The number of benzene rings is 1. The van der Waals surface area contributed by atoms with Gasteiger partial charge in [-0.05, 0) is 36.6 Å². The summed E-state index contributed by atoms with van der Waals surface area (Å²) in [4.78, 5) is 12.0. The molecule has 1 heterocycles. The van der Waals surface area contributed by atoms with Crippen molar-refractivity contribution in [3.05, 3.63) is 36.5 Å². The van der Waals surface area contributed by atoms with E-state index in [4.69, 9.17) is 5.73 Å². The summed E-state index contributed by atoms with van der Waals surface area (Å²) in [7, 11) is 0. The van der Waals surface area contributed by atoms with Crippen LogP contribution in [0.2, 0.25) is 0 Å². The molecule has 0 saturated heterocycles. The van der Waals surface area contributed by atoms with E-state index in [1.807, 2.05) is 36.6 Å². The van der Waals surface area contributed by atoms with Crippen molar-refractivity contribution in [3.63, 3.8) is 0 Å². The van der Waals surface area contributed by atoms with Crippen molar-refractivity contribution in [2.45, 2.75) is 12.5 Å². The molecule has 0 aliphatic heterocycles. The van der Waals surface area contributed by atoms with Crippen LogP contribution in [0.3, 0.4) is 0 Å². The van der Waals surface area contributed by atoms with Crippen LogP contribution >= 0.6 is 11.8 Å². The highest BCUT2D eigenvalue weighted by atomic mass is 32.2. The summed E-state index contributed by atoms with van der Waals surface area (Å²) in [5.41, 5.74) is 8.46. The largest absolute Gasteiger partial charge is 0.325 e. The van der Waals surface area contributed by atoms with Crippen molar-refractivity contribution in [1.82, 2.24) is 10.2 Å². The Morgan fingerprint density at radius 1 is 1.50 bits per heavy atom. The van der Waals surface area contributed by atoms with E-state index in [1.54, 1.807) is 18.0 Å². The van der Waals surface area contributed by atoms with E-state index in [-0.39, 0.29) is 5.91 Å². The van der Waals surface area contributed by atoms with E-state index >= 15 is 0 Å². The molecule has 0 unspecified atom stereocenters. The molecule has 0 radical (unpaired) electrons. The number of H-pyrrole nitrogens is 1. The summed E-state index contributed by atoms with van der Waals surface area (Å²) < 4.78 is 0. The molecule has 4 N–H and O–H groups in total. The number of nitrogens with two attached hydrogens (primary N) is 1. The van der Waals surface area contributed by atoms with Gasteiger partial charge in [0.15, 0.2) is 0 Å². The van der Waals surface area contributed by atoms with Crippen LogP contribution in [-0.2, 0) is 4.79 Å². The molecule has 106 valence electrons. The number of nitrogens with one attached hydrogen (secondary N) is 2. The summed E-state index contributed by atoms with van der Waals surface area (Å²) >= 11 is 1.68. The lowest BCUT2D eigenvalue weighted by Crippen LogP contribution is -2.36. The van der Waals surface area contributed by atoms with Gasteiger partial charge in [0.1, 0.15) is 0 Å². The number of anilines is 1. The number of aromatic nitrogens is 2. The maximum atomic E-state index is 12.0. The van der Waals surface area contributed by atoms with Crippen LogP contribution in [0, 0.1) is 0 Å². The molecule has 2 rings (SSSR count). The number of nitrogens with zero attached hydrogens (tertiary/aromatic N) is 1. The lowest BCUT2D eigenvalue weighted by molar-refractivity contribution is -0.117. The zero-order chi connectivity index (χ0) is 14.4. The minimum atomic E-state index is -0.474. The molecular weight excluding hydrogens is 272 g/mol. The molecule has 0 aliphatic carbocycles. The van der Waals surface area contributed by atoms with Crippen molar-refractivity contribution >= 4 is 23.4 Å². The molecule has 0 fully saturated rings. The second kappa shape index (κ2) is 7.12. The maximum Gasteiger partial charge on any atom is 0.241 e. The number of hydrogen-bond donors (Lipinski definition) is 3. The molecule has 2 aromatic rings. The molecule has 20 heavy (non-hydrogen) atoms. The fraction of sp³-hybridized carbons (Fsp3) is 0.286. The second-order valence-corrected chi connectivity index (χ2v) is 5.41. The predicted molar refractivity (Wildman–Crippen MR) is 83.6 cm³/mol. The standard InChI is InChI=1S/C14H18N4OS/c1-20-8-6-12(15)14(19)17-11-4-2-3-10(9-11)13-5-7-16-18-13/h2-5,7,9,12H,6,8,15H2,1H3,(H,16,18)(H,17,19)/t12-/m1/s1. The first-order valence-electron chi connectivity index (χ1n) is 6.36. The highest BCUT2D eigenvalue weighted by Gasteiger charge is 2.13. The van der Waals surface area contributed by atoms with Crippen LogP contribution in [0.5, 0.6) is 0 Å². The van der Waals surface area contributed by atoms with E-state index in [0.717, 1.165) is 22.7 Å². The molecule has 0 spiro atoms. The average Bonchev–Trinajstić information content (AvgIpc) is 2.99. The highest BCUT2D eigenvalue weighted by molar-refractivity contribution is 7.98. The van der Waals surface area contributed by atoms with Crippen molar-refractivity contribution < 1.29 is 4.79 Å². The van der Waals surface area contributed by atoms with Crippen molar-refractivity contribution in [2.24, 2.45) is 5.73 Å². The first-order chi connectivity index (χ1) is 9.70. The van der Waals surface area contributed by atoms with Gasteiger partial charge in [0, 0.05) is 17.4 Å². The van der Waals surface area contributed by atoms with Crippen LogP contribution < -0.4 is 11.1 Å². The molecule has 1 aromatic heterocycles. The molecule has 1 atom stereocenters.